The second-order valence-corrected chi connectivity index (χ2v) is 10.8. The minimum absolute atomic E-state index is 0.0998. The van der Waals surface area contributed by atoms with E-state index in [-0.39, 0.29) is 11.8 Å². The van der Waals surface area contributed by atoms with E-state index in [9.17, 15) is 9.59 Å². The normalized spacial score (nSPS) is 17.7. The van der Waals surface area contributed by atoms with Crippen LogP contribution in [0.25, 0.3) is 27.9 Å². The van der Waals surface area contributed by atoms with Gasteiger partial charge in [-0.25, -0.2) is 9.50 Å². The van der Waals surface area contributed by atoms with Crippen molar-refractivity contribution in [1.82, 2.24) is 29.3 Å². The maximum Gasteiger partial charge on any atom is 0.252 e. The number of aromatic nitrogens is 5. The van der Waals surface area contributed by atoms with E-state index in [1.165, 1.54) is 32.5 Å². The van der Waals surface area contributed by atoms with Crippen molar-refractivity contribution < 1.29 is 9.59 Å². The summed E-state index contributed by atoms with van der Waals surface area (Å²) in [4.78, 5) is 33.2. The van der Waals surface area contributed by atoms with Gasteiger partial charge in [-0.2, -0.15) is 10.2 Å². The van der Waals surface area contributed by atoms with Crippen LogP contribution in [-0.4, -0.2) is 59.7 Å². The number of hydrogen-bond donors (Lipinski definition) is 1. The van der Waals surface area contributed by atoms with Gasteiger partial charge in [0.25, 0.3) is 5.91 Å². The van der Waals surface area contributed by atoms with Crippen molar-refractivity contribution in [3.05, 3.63) is 49.1 Å². The number of fused-ring (bicyclic) bond motifs is 1. The van der Waals surface area contributed by atoms with Crippen LogP contribution in [0, 0.1) is 5.92 Å². The van der Waals surface area contributed by atoms with Gasteiger partial charge in [0, 0.05) is 55.1 Å². The number of nitrogens with zero attached hydrogens (tertiary/aromatic N) is 7. The first-order valence-corrected chi connectivity index (χ1v) is 13.1. The number of nitrogen functional groups attached to an aromatic ring is 1. The Morgan fingerprint density at radius 2 is 1.95 bits per heavy atom. The van der Waals surface area contributed by atoms with E-state index >= 15 is 0 Å². The van der Waals surface area contributed by atoms with Crippen LogP contribution in [0.5, 0.6) is 0 Å². The van der Waals surface area contributed by atoms with Gasteiger partial charge in [-0.15, -0.1) is 0 Å². The monoisotopic (exact) mass is 512 g/mol. The zero-order valence-electron chi connectivity index (χ0n) is 22.0. The quantitative estimate of drug-likeness (QED) is 0.437. The van der Waals surface area contributed by atoms with E-state index < -0.39 is 5.54 Å². The molecule has 10 nitrogen and oxygen atoms in total. The highest BCUT2D eigenvalue weighted by atomic mass is 16.2. The summed E-state index contributed by atoms with van der Waals surface area (Å²) in [6.07, 6.45) is 9.21. The smallest absolute Gasteiger partial charge is 0.252 e. The van der Waals surface area contributed by atoms with Crippen LogP contribution >= 0.6 is 0 Å². The zero-order chi connectivity index (χ0) is 26.6. The van der Waals surface area contributed by atoms with Crippen molar-refractivity contribution in [2.45, 2.75) is 52.1 Å². The van der Waals surface area contributed by atoms with Crippen molar-refractivity contribution in [2.75, 3.05) is 23.7 Å². The Bertz CT molecular complexity index is 1550. The first kappa shape index (κ1) is 24.1. The van der Waals surface area contributed by atoms with Crippen molar-refractivity contribution in [2.24, 2.45) is 5.92 Å². The number of hydrogen-bond acceptors (Lipinski definition) is 6. The number of anilines is 2. The van der Waals surface area contributed by atoms with Crippen LogP contribution in [0.2, 0.25) is 0 Å². The number of piperazine rings is 1. The van der Waals surface area contributed by atoms with Gasteiger partial charge in [-0.05, 0) is 50.8 Å². The van der Waals surface area contributed by atoms with E-state index in [2.05, 4.69) is 27.4 Å². The minimum atomic E-state index is -0.920. The van der Waals surface area contributed by atoms with Gasteiger partial charge in [0.05, 0.1) is 11.9 Å². The van der Waals surface area contributed by atoms with Crippen LogP contribution in [0.15, 0.2) is 49.1 Å². The summed E-state index contributed by atoms with van der Waals surface area (Å²) >= 11 is 0. The van der Waals surface area contributed by atoms with Crippen LogP contribution < -0.4 is 10.6 Å². The van der Waals surface area contributed by atoms with Crippen molar-refractivity contribution in [3.8, 4) is 22.4 Å². The first-order valence-electron chi connectivity index (χ1n) is 13.1. The molecule has 10 heteroatoms. The molecular weight excluding hydrogens is 480 g/mol. The summed E-state index contributed by atoms with van der Waals surface area (Å²) < 4.78 is 3.82. The third-order valence-corrected chi connectivity index (χ3v) is 8.02. The Balaban J connectivity index is 1.38. The zero-order valence-corrected chi connectivity index (χ0v) is 22.0. The molecule has 1 aliphatic carbocycles. The molecule has 0 spiro atoms. The number of carbonyl (C=O) groups is 2. The fraction of sp³-hybridized carbons (Fsp3) is 0.393. The molecule has 2 N–H and O–H groups in total. The molecule has 0 bridgehead atoms. The van der Waals surface area contributed by atoms with Crippen LogP contribution in [0.4, 0.5) is 11.5 Å². The van der Waals surface area contributed by atoms with Crippen LogP contribution in [0.3, 0.4) is 0 Å². The van der Waals surface area contributed by atoms with E-state index in [4.69, 9.17) is 5.73 Å². The second kappa shape index (κ2) is 8.97. The fourth-order valence-corrected chi connectivity index (χ4v) is 5.69. The van der Waals surface area contributed by atoms with Crippen LogP contribution in [-0.2, 0) is 16.1 Å². The van der Waals surface area contributed by atoms with Crippen molar-refractivity contribution in [3.63, 3.8) is 0 Å². The second-order valence-electron chi connectivity index (χ2n) is 10.8. The lowest BCUT2D eigenvalue weighted by atomic mass is 9.85. The Hall–Kier alpha value is -4.21. The molecule has 4 aromatic rings. The molecule has 0 radical (unpaired) electrons. The molecule has 3 aromatic heterocycles. The van der Waals surface area contributed by atoms with Crippen molar-refractivity contribution >= 4 is 28.8 Å². The Kier molecular flexibility index (Phi) is 5.70. The maximum atomic E-state index is 13.4. The maximum absolute atomic E-state index is 13.4. The number of nitrogens with two attached hydrogens (primary N) is 1. The van der Waals surface area contributed by atoms with Gasteiger partial charge < -0.3 is 15.5 Å². The molecular formula is C28H32N8O2. The molecule has 1 aromatic carbocycles. The first-order chi connectivity index (χ1) is 18.2. The van der Waals surface area contributed by atoms with Gasteiger partial charge in [-0.1, -0.05) is 18.6 Å². The molecule has 0 atom stereocenters. The summed E-state index contributed by atoms with van der Waals surface area (Å²) in [5.41, 5.74) is 10.5. The Labute approximate surface area is 221 Å². The standard InChI is InChI=1S/C28H32N8O2/c1-18(37)35-11-10-34(27(38)28(35,2)3)22-9-5-8-20(12-22)24-13-23(25-26(29)30-17-32-36(24)25)21-14-31-33(16-21)15-19-6-4-7-19/h5,8-9,12-14,16-17,19H,4,6-7,10-11,15H2,1-3H3,(H2,29,30,32). The lowest BCUT2D eigenvalue weighted by molar-refractivity contribution is -0.145. The average Bonchev–Trinajstić information content (AvgIpc) is 3.48. The summed E-state index contributed by atoms with van der Waals surface area (Å²) in [7, 11) is 0. The fourth-order valence-electron chi connectivity index (χ4n) is 5.69. The summed E-state index contributed by atoms with van der Waals surface area (Å²) in [5, 5.41) is 9.13. The average molecular weight is 513 g/mol. The molecule has 0 unspecified atom stereocenters. The molecule has 2 aliphatic rings. The van der Waals surface area contributed by atoms with Gasteiger partial charge in [0.15, 0.2) is 5.82 Å². The highest BCUT2D eigenvalue weighted by Gasteiger charge is 2.43. The van der Waals surface area contributed by atoms with Gasteiger partial charge in [0.2, 0.25) is 5.91 Å². The number of amides is 2. The summed E-state index contributed by atoms with van der Waals surface area (Å²) in [6.45, 7) is 6.93. The molecule has 4 heterocycles. The number of carbonyl (C=O) groups excluding carboxylic acids is 2. The third-order valence-electron chi connectivity index (χ3n) is 8.02. The van der Waals surface area contributed by atoms with Gasteiger partial charge in [-0.3, -0.25) is 14.3 Å². The Morgan fingerprint density at radius 3 is 2.68 bits per heavy atom. The molecule has 1 aliphatic heterocycles. The summed E-state index contributed by atoms with van der Waals surface area (Å²) in [5.74, 6) is 0.881. The topological polar surface area (TPSA) is 115 Å². The number of rotatable bonds is 5. The lowest BCUT2D eigenvalue weighted by Crippen LogP contribution is -2.64. The molecule has 6 rings (SSSR count). The third kappa shape index (κ3) is 3.91. The van der Waals surface area contributed by atoms with Gasteiger partial charge in [0.1, 0.15) is 17.4 Å². The Morgan fingerprint density at radius 1 is 1.13 bits per heavy atom. The molecule has 38 heavy (non-hydrogen) atoms. The minimum Gasteiger partial charge on any atom is -0.382 e. The predicted molar refractivity (Wildman–Crippen MR) is 145 cm³/mol. The highest BCUT2D eigenvalue weighted by Crippen LogP contribution is 2.37. The van der Waals surface area contributed by atoms with E-state index in [1.807, 2.05) is 35.1 Å². The molecule has 1 saturated carbocycles. The molecule has 196 valence electrons. The summed E-state index contributed by atoms with van der Waals surface area (Å²) in [6, 6.07) is 9.90. The van der Waals surface area contributed by atoms with Crippen LogP contribution in [0.1, 0.15) is 40.0 Å². The predicted octanol–water partition coefficient (Wildman–Crippen LogP) is 3.62. The molecule has 1 saturated heterocycles. The number of benzene rings is 1. The molecule has 2 fully saturated rings. The van der Waals surface area contributed by atoms with Gasteiger partial charge >= 0.3 is 0 Å². The molecule has 2 amide bonds. The lowest BCUT2D eigenvalue weighted by Gasteiger charge is -2.45. The van der Waals surface area contributed by atoms with E-state index in [0.29, 0.717) is 24.8 Å². The largest absolute Gasteiger partial charge is 0.382 e. The van der Waals surface area contributed by atoms with Crippen molar-refractivity contribution in [1.29, 1.82) is 0 Å². The van der Waals surface area contributed by atoms with E-state index in [1.54, 1.807) is 28.2 Å². The van der Waals surface area contributed by atoms with E-state index in [0.717, 1.165) is 40.1 Å². The highest BCUT2D eigenvalue weighted by molar-refractivity contribution is 6.03. The SMILES string of the molecule is CC(=O)N1CCN(c2cccc(-c3cc(-c4cnn(CC5CCC5)c4)c4c(N)ncnn34)c2)C(=O)C1(C)C.